The fourth-order valence-corrected chi connectivity index (χ4v) is 5.75. The molecule has 1 saturated heterocycles. The first-order valence-electron chi connectivity index (χ1n) is 10.5. The van der Waals surface area contributed by atoms with Crippen LogP contribution >= 0.6 is 35.2 Å². The number of aromatic nitrogens is 3. The zero-order valence-electron chi connectivity index (χ0n) is 17.3. The van der Waals surface area contributed by atoms with Crippen molar-refractivity contribution in [1.29, 1.82) is 0 Å². The minimum absolute atomic E-state index is 0.127. The lowest BCUT2D eigenvalue weighted by atomic mass is 10.0. The van der Waals surface area contributed by atoms with Gasteiger partial charge in [-0.3, -0.25) is 9.55 Å². The molecule has 0 bridgehead atoms. The van der Waals surface area contributed by atoms with Gasteiger partial charge in [-0.15, -0.1) is 0 Å². The van der Waals surface area contributed by atoms with E-state index in [-0.39, 0.29) is 12.1 Å². The number of para-hydroxylation sites is 1. The molecule has 33 heavy (non-hydrogen) atoms. The Bertz CT molecular complexity index is 1410. The van der Waals surface area contributed by atoms with Crippen LogP contribution in [0, 0.1) is 0 Å². The van der Waals surface area contributed by atoms with Crippen LogP contribution in [0.3, 0.4) is 0 Å². The zero-order valence-corrected chi connectivity index (χ0v) is 19.7. The van der Waals surface area contributed by atoms with Crippen LogP contribution in [0.25, 0.3) is 15.3 Å². The van der Waals surface area contributed by atoms with Crippen molar-refractivity contribution in [3.63, 3.8) is 0 Å². The fraction of sp³-hybridized carbons (Fsp3) is 0.0800. The van der Waals surface area contributed by atoms with Gasteiger partial charge in [0.1, 0.15) is 6.04 Å². The molecule has 162 valence electrons. The number of nitrogens with one attached hydrogen (secondary N) is 1. The number of benzene rings is 2. The highest BCUT2D eigenvalue weighted by atomic mass is 35.5. The van der Waals surface area contributed by atoms with Crippen LogP contribution in [0.1, 0.15) is 23.5 Å². The summed E-state index contributed by atoms with van der Waals surface area (Å²) in [7, 11) is 0. The predicted molar refractivity (Wildman–Crippen MR) is 138 cm³/mol. The summed E-state index contributed by atoms with van der Waals surface area (Å²) in [6, 6.07) is 25.8. The summed E-state index contributed by atoms with van der Waals surface area (Å²) in [6.07, 6.45) is 3.87. The summed E-state index contributed by atoms with van der Waals surface area (Å²) in [5.41, 5.74) is 3.97. The molecule has 2 atom stereocenters. The first-order chi connectivity index (χ1) is 16.2. The maximum Gasteiger partial charge on any atom is 0.194 e. The minimum Gasteiger partial charge on any atom is -0.351 e. The molecule has 0 spiro atoms. The smallest absolute Gasteiger partial charge is 0.194 e. The van der Waals surface area contributed by atoms with Gasteiger partial charge in [-0.25, -0.2) is 4.98 Å². The van der Waals surface area contributed by atoms with Crippen molar-refractivity contribution in [3.8, 4) is 5.13 Å². The molecule has 2 aromatic carbocycles. The number of nitrogens with zero attached hydrogens (tertiary/aromatic N) is 4. The van der Waals surface area contributed by atoms with E-state index in [4.69, 9.17) is 28.8 Å². The number of hydrogen-bond acceptors (Lipinski definition) is 4. The van der Waals surface area contributed by atoms with Gasteiger partial charge in [-0.1, -0.05) is 41.1 Å². The summed E-state index contributed by atoms with van der Waals surface area (Å²) in [6.45, 7) is 0. The lowest BCUT2D eigenvalue weighted by molar-refractivity contribution is 0.549. The molecule has 0 amide bonds. The van der Waals surface area contributed by atoms with Crippen LogP contribution in [0.15, 0.2) is 91.3 Å². The maximum atomic E-state index is 6.17. The summed E-state index contributed by atoms with van der Waals surface area (Å²) in [4.78, 5) is 11.7. The average molecular weight is 488 g/mol. The average Bonchev–Trinajstić information content (AvgIpc) is 3.56. The second-order valence-corrected chi connectivity index (χ2v) is 9.57. The van der Waals surface area contributed by atoms with E-state index in [1.165, 1.54) is 0 Å². The Balaban J connectivity index is 1.51. The van der Waals surface area contributed by atoms with E-state index >= 15 is 0 Å². The van der Waals surface area contributed by atoms with Gasteiger partial charge >= 0.3 is 0 Å². The molecule has 3 aromatic heterocycles. The lowest BCUT2D eigenvalue weighted by Crippen LogP contribution is -2.30. The van der Waals surface area contributed by atoms with Crippen molar-refractivity contribution in [2.24, 2.45) is 0 Å². The van der Waals surface area contributed by atoms with Crippen LogP contribution in [0.4, 0.5) is 5.69 Å². The van der Waals surface area contributed by atoms with Crippen molar-refractivity contribution in [2.45, 2.75) is 12.1 Å². The molecule has 1 aliphatic heterocycles. The summed E-state index contributed by atoms with van der Waals surface area (Å²) >= 11 is 13.7. The van der Waals surface area contributed by atoms with E-state index in [0.717, 1.165) is 32.4 Å². The molecule has 6 rings (SSSR count). The summed E-state index contributed by atoms with van der Waals surface area (Å²) < 4.78 is 3.31. The Kier molecular flexibility index (Phi) is 5.10. The van der Waals surface area contributed by atoms with Crippen molar-refractivity contribution >= 4 is 56.2 Å². The minimum atomic E-state index is -0.129. The van der Waals surface area contributed by atoms with Crippen LogP contribution in [-0.2, 0) is 0 Å². The third kappa shape index (κ3) is 3.58. The quantitative estimate of drug-likeness (QED) is 0.301. The van der Waals surface area contributed by atoms with E-state index < -0.39 is 0 Å². The molecule has 5 aromatic rings. The number of anilines is 1. The highest BCUT2D eigenvalue weighted by Gasteiger charge is 2.42. The number of thiocarbonyl (C=S) groups is 1. The third-order valence-electron chi connectivity index (χ3n) is 5.77. The van der Waals surface area contributed by atoms with Crippen LogP contribution < -0.4 is 10.2 Å². The third-order valence-corrected chi connectivity index (χ3v) is 7.38. The number of pyridine rings is 1. The molecule has 4 heterocycles. The molecule has 8 heteroatoms. The molecule has 5 nitrogen and oxygen atoms in total. The molecule has 1 fully saturated rings. The molecule has 0 radical (unpaired) electrons. The van der Waals surface area contributed by atoms with E-state index in [9.17, 15) is 0 Å². The van der Waals surface area contributed by atoms with Crippen LogP contribution in [0.2, 0.25) is 5.02 Å². The Labute approximate surface area is 205 Å². The van der Waals surface area contributed by atoms with E-state index in [0.29, 0.717) is 10.1 Å². The van der Waals surface area contributed by atoms with E-state index in [1.54, 1.807) is 11.3 Å². The Morgan fingerprint density at radius 1 is 0.939 bits per heavy atom. The number of thiazole rings is 1. The zero-order chi connectivity index (χ0) is 22.4. The number of fused-ring (bicyclic) bond motifs is 1. The van der Waals surface area contributed by atoms with Gasteiger partial charge in [0.2, 0.25) is 0 Å². The molecule has 1 N–H and O–H groups in total. The fourth-order valence-electron chi connectivity index (χ4n) is 4.31. The molecular weight excluding hydrogens is 470 g/mol. The van der Waals surface area contributed by atoms with Gasteiger partial charge in [-0.2, -0.15) is 0 Å². The van der Waals surface area contributed by atoms with E-state index in [1.807, 2.05) is 66.9 Å². The lowest BCUT2D eigenvalue weighted by Gasteiger charge is -2.28. The van der Waals surface area contributed by atoms with Gasteiger partial charge in [0.05, 0.1) is 27.6 Å². The van der Waals surface area contributed by atoms with E-state index in [2.05, 4.69) is 44.2 Å². The van der Waals surface area contributed by atoms with Gasteiger partial charge in [0, 0.05) is 23.1 Å². The Morgan fingerprint density at radius 3 is 2.55 bits per heavy atom. The standard InChI is InChI=1S/C25H18ClN5S2/c26-16-10-12-17(13-11-16)31-23(22(29-24(31)32)19-7-3-4-14-27-19)20-8-5-15-30(20)25-28-18-6-1-2-9-21(18)33-25/h1-15,22-23H,(H,29,32)/t22-,23-/m1/s1. The van der Waals surface area contributed by atoms with Crippen molar-refractivity contribution < 1.29 is 0 Å². The highest BCUT2D eigenvalue weighted by Crippen LogP contribution is 2.42. The highest BCUT2D eigenvalue weighted by molar-refractivity contribution is 7.80. The van der Waals surface area contributed by atoms with Gasteiger partial charge in [-0.05, 0) is 72.9 Å². The van der Waals surface area contributed by atoms with Gasteiger partial charge in [0.25, 0.3) is 0 Å². The largest absolute Gasteiger partial charge is 0.351 e. The Morgan fingerprint density at radius 2 is 1.76 bits per heavy atom. The number of halogens is 1. The van der Waals surface area contributed by atoms with Gasteiger partial charge < -0.3 is 10.2 Å². The second kappa shape index (κ2) is 8.26. The summed E-state index contributed by atoms with van der Waals surface area (Å²) in [5.74, 6) is 0. The first-order valence-corrected chi connectivity index (χ1v) is 12.1. The van der Waals surface area contributed by atoms with Crippen molar-refractivity contribution in [2.75, 3.05) is 4.90 Å². The van der Waals surface area contributed by atoms with Gasteiger partial charge in [0.15, 0.2) is 10.2 Å². The molecule has 0 aliphatic carbocycles. The number of rotatable bonds is 4. The summed E-state index contributed by atoms with van der Waals surface area (Å²) in [5, 5.41) is 5.77. The number of hydrogen-bond donors (Lipinski definition) is 1. The van der Waals surface area contributed by atoms with Crippen molar-refractivity contribution in [3.05, 3.63) is 108 Å². The first kappa shape index (κ1) is 20.4. The molecule has 1 aliphatic rings. The second-order valence-electron chi connectivity index (χ2n) is 7.74. The van der Waals surface area contributed by atoms with Crippen LogP contribution in [-0.4, -0.2) is 19.6 Å². The van der Waals surface area contributed by atoms with Crippen molar-refractivity contribution in [1.82, 2.24) is 19.9 Å². The normalized spacial score (nSPS) is 18.1. The molecule has 0 saturated carbocycles. The van der Waals surface area contributed by atoms with Crippen LogP contribution in [0.5, 0.6) is 0 Å². The topological polar surface area (TPSA) is 46.0 Å². The molecular formula is C25H18ClN5S2. The predicted octanol–water partition coefficient (Wildman–Crippen LogP) is 6.31. The molecule has 0 unspecified atom stereocenters. The monoisotopic (exact) mass is 487 g/mol. The SMILES string of the molecule is S=C1N[C@H](c2ccccn2)[C@@H](c2cccn2-c2nc3ccccc3s2)N1c1ccc(Cl)cc1. The Hall–Kier alpha value is -3.26. The maximum absolute atomic E-state index is 6.17.